The zero-order valence-electron chi connectivity index (χ0n) is 10.6. The normalized spacial score (nSPS) is 18.1. The van der Waals surface area contributed by atoms with Gasteiger partial charge in [0.05, 0.1) is 13.7 Å². The Morgan fingerprint density at radius 3 is 2.89 bits per heavy atom. The molecule has 18 heavy (non-hydrogen) atoms. The molecule has 0 unspecified atom stereocenters. The SMILES string of the molecule is CCOC(=O)[C@@H]1CCc2cc(OC)ccc2C1=O. The van der Waals surface area contributed by atoms with Crippen LogP contribution in [0.1, 0.15) is 29.3 Å². The maximum Gasteiger partial charge on any atom is 0.316 e. The third-order valence-electron chi connectivity index (χ3n) is 3.17. The predicted molar refractivity (Wildman–Crippen MR) is 65.8 cm³/mol. The molecule has 0 N–H and O–H groups in total. The minimum absolute atomic E-state index is 0.141. The van der Waals surface area contributed by atoms with Gasteiger partial charge in [-0.2, -0.15) is 0 Å². The fourth-order valence-corrected chi connectivity index (χ4v) is 2.23. The van der Waals surface area contributed by atoms with E-state index in [1.54, 1.807) is 26.2 Å². The Labute approximate surface area is 106 Å². The van der Waals surface area contributed by atoms with Gasteiger partial charge in [0.25, 0.3) is 0 Å². The maximum atomic E-state index is 12.2. The Hall–Kier alpha value is -1.84. The number of benzene rings is 1. The van der Waals surface area contributed by atoms with Crippen molar-refractivity contribution < 1.29 is 19.1 Å². The van der Waals surface area contributed by atoms with Crippen LogP contribution in [0.3, 0.4) is 0 Å². The van der Waals surface area contributed by atoms with Crippen LogP contribution in [0.4, 0.5) is 0 Å². The van der Waals surface area contributed by atoms with E-state index < -0.39 is 11.9 Å². The van der Waals surface area contributed by atoms with Gasteiger partial charge >= 0.3 is 5.97 Å². The molecular formula is C14H16O4. The van der Waals surface area contributed by atoms with Crippen LogP contribution in [0.15, 0.2) is 18.2 Å². The van der Waals surface area contributed by atoms with E-state index in [1.165, 1.54) is 0 Å². The lowest BCUT2D eigenvalue weighted by atomic mass is 9.82. The lowest BCUT2D eigenvalue weighted by Crippen LogP contribution is -2.30. The Morgan fingerprint density at radius 1 is 1.44 bits per heavy atom. The number of fused-ring (bicyclic) bond motifs is 1. The molecule has 0 bridgehead atoms. The second-order valence-electron chi connectivity index (χ2n) is 4.23. The number of carbonyl (C=O) groups excluding carboxylic acids is 2. The van der Waals surface area contributed by atoms with Gasteiger partial charge in [-0.15, -0.1) is 0 Å². The molecule has 1 aromatic rings. The van der Waals surface area contributed by atoms with Crippen LogP contribution < -0.4 is 4.74 Å². The Morgan fingerprint density at radius 2 is 2.22 bits per heavy atom. The van der Waals surface area contributed by atoms with E-state index in [1.807, 2.05) is 6.07 Å². The number of aryl methyl sites for hydroxylation is 1. The summed E-state index contributed by atoms with van der Waals surface area (Å²) in [6, 6.07) is 5.32. The van der Waals surface area contributed by atoms with Gasteiger partial charge in [-0.1, -0.05) is 0 Å². The molecule has 0 radical (unpaired) electrons. The molecule has 1 aromatic carbocycles. The number of ether oxygens (including phenoxy) is 2. The van der Waals surface area contributed by atoms with Gasteiger partial charge < -0.3 is 9.47 Å². The lowest BCUT2D eigenvalue weighted by Gasteiger charge is -2.22. The zero-order valence-corrected chi connectivity index (χ0v) is 10.6. The molecule has 0 aromatic heterocycles. The summed E-state index contributed by atoms with van der Waals surface area (Å²) in [5.74, 6) is -0.469. The first-order valence-electron chi connectivity index (χ1n) is 6.05. The van der Waals surface area contributed by atoms with Gasteiger partial charge in [-0.25, -0.2) is 0 Å². The topological polar surface area (TPSA) is 52.6 Å². The van der Waals surface area contributed by atoms with Crippen LogP contribution in [-0.4, -0.2) is 25.5 Å². The van der Waals surface area contributed by atoms with Gasteiger partial charge in [-0.05, 0) is 43.5 Å². The highest BCUT2D eigenvalue weighted by Gasteiger charge is 2.33. The molecule has 1 aliphatic rings. The van der Waals surface area contributed by atoms with E-state index in [9.17, 15) is 9.59 Å². The molecular weight excluding hydrogens is 232 g/mol. The number of hydrogen-bond donors (Lipinski definition) is 0. The third kappa shape index (κ3) is 2.23. The second kappa shape index (κ2) is 5.21. The van der Waals surface area contributed by atoms with Crippen molar-refractivity contribution in [3.8, 4) is 5.75 Å². The summed E-state index contributed by atoms with van der Waals surface area (Å²) in [4.78, 5) is 23.9. The number of esters is 1. The van der Waals surface area contributed by atoms with Crippen molar-refractivity contribution in [3.05, 3.63) is 29.3 Å². The van der Waals surface area contributed by atoms with Crippen molar-refractivity contribution >= 4 is 11.8 Å². The van der Waals surface area contributed by atoms with Gasteiger partial charge in [0.2, 0.25) is 0 Å². The van der Waals surface area contributed by atoms with Crippen molar-refractivity contribution in [2.24, 2.45) is 5.92 Å². The van der Waals surface area contributed by atoms with Crippen LogP contribution in [0.5, 0.6) is 5.75 Å². The largest absolute Gasteiger partial charge is 0.497 e. The van der Waals surface area contributed by atoms with Gasteiger partial charge in [0, 0.05) is 5.56 Å². The van der Waals surface area contributed by atoms with Crippen molar-refractivity contribution in [1.29, 1.82) is 0 Å². The Bertz CT molecular complexity index is 479. The number of methoxy groups -OCH3 is 1. The minimum atomic E-state index is -0.647. The Kier molecular flexibility index (Phi) is 3.65. The first kappa shape index (κ1) is 12.6. The molecule has 0 heterocycles. The molecule has 0 saturated heterocycles. The van der Waals surface area contributed by atoms with E-state index >= 15 is 0 Å². The average Bonchev–Trinajstić information content (AvgIpc) is 2.38. The highest BCUT2D eigenvalue weighted by molar-refractivity contribution is 6.10. The number of carbonyl (C=O) groups is 2. The number of Topliss-reactive ketones (excluding diaryl/α,β-unsaturated/α-hetero) is 1. The lowest BCUT2D eigenvalue weighted by molar-refractivity contribution is -0.146. The molecule has 0 saturated carbocycles. The molecule has 0 amide bonds. The molecule has 2 rings (SSSR count). The first-order valence-corrected chi connectivity index (χ1v) is 6.05. The van der Waals surface area contributed by atoms with Crippen LogP contribution in [0.25, 0.3) is 0 Å². The summed E-state index contributed by atoms with van der Waals surface area (Å²) in [5.41, 5.74) is 1.56. The number of ketones is 1. The van der Waals surface area contributed by atoms with Gasteiger partial charge in [0.15, 0.2) is 5.78 Å². The summed E-state index contributed by atoms with van der Waals surface area (Å²) in [7, 11) is 1.59. The number of hydrogen-bond acceptors (Lipinski definition) is 4. The molecule has 1 atom stereocenters. The predicted octanol–water partition coefficient (Wildman–Crippen LogP) is 2.00. The molecule has 0 spiro atoms. The van der Waals surface area contributed by atoms with Crippen molar-refractivity contribution in [2.45, 2.75) is 19.8 Å². The van der Waals surface area contributed by atoms with E-state index in [0.717, 1.165) is 11.3 Å². The van der Waals surface area contributed by atoms with E-state index in [-0.39, 0.29) is 5.78 Å². The summed E-state index contributed by atoms with van der Waals surface area (Å²) in [6.07, 6.45) is 1.21. The Balaban J connectivity index is 2.26. The van der Waals surface area contributed by atoms with Crippen molar-refractivity contribution in [2.75, 3.05) is 13.7 Å². The number of rotatable bonds is 3. The quantitative estimate of drug-likeness (QED) is 0.606. The summed E-state index contributed by atoms with van der Waals surface area (Å²) in [6.45, 7) is 2.04. The van der Waals surface area contributed by atoms with Crippen LogP contribution in [0.2, 0.25) is 0 Å². The molecule has 4 heteroatoms. The molecule has 1 aliphatic carbocycles. The summed E-state index contributed by atoms with van der Waals surface area (Å²) < 4.78 is 10.1. The zero-order chi connectivity index (χ0) is 13.1. The van der Waals surface area contributed by atoms with Gasteiger partial charge in [0.1, 0.15) is 11.7 Å². The minimum Gasteiger partial charge on any atom is -0.497 e. The molecule has 4 nitrogen and oxygen atoms in total. The van der Waals surface area contributed by atoms with Gasteiger partial charge in [-0.3, -0.25) is 9.59 Å². The van der Waals surface area contributed by atoms with Crippen LogP contribution in [-0.2, 0) is 16.0 Å². The molecule has 96 valence electrons. The van der Waals surface area contributed by atoms with E-state index in [2.05, 4.69) is 0 Å². The fourth-order valence-electron chi connectivity index (χ4n) is 2.23. The van der Waals surface area contributed by atoms with Crippen molar-refractivity contribution in [1.82, 2.24) is 0 Å². The first-order chi connectivity index (χ1) is 8.67. The molecule has 0 fully saturated rings. The summed E-state index contributed by atoms with van der Waals surface area (Å²) in [5, 5.41) is 0. The smallest absolute Gasteiger partial charge is 0.316 e. The standard InChI is InChI=1S/C14H16O4/c1-3-18-14(16)12-6-4-9-8-10(17-2)5-7-11(9)13(12)15/h5,7-8,12H,3-4,6H2,1-2H3/t12-/m1/s1. The van der Waals surface area contributed by atoms with Crippen LogP contribution in [0, 0.1) is 5.92 Å². The average molecular weight is 248 g/mol. The van der Waals surface area contributed by atoms with Crippen molar-refractivity contribution in [3.63, 3.8) is 0 Å². The van der Waals surface area contributed by atoms with E-state index in [4.69, 9.17) is 9.47 Å². The van der Waals surface area contributed by atoms with E-state index in [0.29, 0.717) is 25.0 Å². The third-order valence-corrected chi connectivity index (χ3v) is 3.17. The summed E-state index contributed by atoms with van der Waals surface area (Å²) >= 11 is 0. The highest BCUT2D eigenvalue weighted by Crippen LogP contribution is 2.29. The highest BCUT2D eigenvalue weighted by atomic mass is 16.5. The monoisotopic (exact) mass is 248 g/mol. The van der Waals surface area contributed by atoms with Crippen LogP contribution >= 0.6 is 0 Å². The molecule has 0 aliphatic heterocycles. The fraction of sp³-hybridized carbons (Fsp3) is 0.429. The maximum absolute atomic E-state index is 12.2. The second-order valence-corrected chi connectivity index (χ2v) is 4.23.